The van der Waals surface area contributed by atoms with Gasteiger partial charge in [-0.1, -0.05) is 24.3 Å². The third kappa shape index (κ3) is 2.31. The molecule has 0 saturated carbocycles. The van der Waals surface area contributed by atoms with Crippen molar-refractivity contribution in [1.82, 2.24) is 0 Å². The fourth-order valence-electron chi connectivity index (χ4n) is 2.35. The fourth-order valence-corrected chi connectivity index (χ4v) is 2.35. The highest BCUT2D eigenvalue weighted by Crippen LogP contribution is 2.24. The molecule has 0 saturated heterocycles. The Morgan fingerprint density at radius 1 is 1.05 bits per heavy atom. The van der Waals surface area contributed by atoms with Crippen molar-refractivity contribution >= 4 is 16.9 Å². The van der Waals surface area contributed by atoms with E-state index >= 15 is 0 Å². The summed E-state index contributed by atoms with van der Waals surface area (Å²) in [6.07, 6.45) is 0. The number of hydrogen-bond donors (Lipinski definition) is 1. The standard InChI is InChI=1S/C17H12O4/c1-10-8-12(16(18)19)6-7-13(10)14-9-11-4-2-3-5-15(11)21-17(14)20/h2-9H,1H3,(H,18,19). The van der Waals surface area contributed by atoms with Crippen molar-refractivity contribution in [2.24, 2.45) is 0 Å². The monoisotopic (exact) mass is 280 g/mol. The van der Waals surface area contributed by atoms with Crippen molar-refractivity contribution in [2.75, 3.05) is 0 Å². The van der Waals surface area contributed by atoms with Gasteiger partial charge in [0.05, 0.1) is 11.1 Å². The molecule has 1 aromatic heterocycles. The minimum Gasteiger partial charge on any atom is -0.478 e. The Balaban J connectivity index is 2.23. The molecule has 0 atom stereocenters. The summed E-state index contributed by atoms with van der Waals surface area (Å²) in [5.41, 5.74) is 2.13. The summed E-state index contributed by atoms with van der Waals surface area (Å²) in [4.78, 5) is 23.1. The molecule has 2 aromatic carbocycles. The summed E-state index contributed by atoms with van der Waals surface area (Å²) in [6, 6.07) is 13.7. The Morgan fingerprint density at radius 2 is 1.81 bits per heavy atom. The van der Waals surface area contributed by atoms with Crippen LogP contribution in [0.4, 0.5) is 0 Å². The molecular formula is C17H12O4. The second-order valence-corrected chi connectivity index (χ2v) is 4.82. The summed E-state index contributed by atoms with van der Waals surface area (Å²) >= 11 is 0. The van der Waals surface area contributed by atoms with Crippen LogP contribution in [0.15, 0.2) is 57.7 Å². The lowest BCUT2D eigenvalue weighted by molar-refractivity contribution is 0.0697. The summed E-state index contributed by atoms with van der Waals surface area (Å²) in [7, 11) is 0. The van der Waals surface area contributed by atoms with Gasteiger partial charge in [0.15, 0.2) is 0 Å². The molecule has 0 amide bonds. The van der Waals surface area contributed by atoms with Crippen molar-refractivity contribution in [3.63, 3.8) is 0 Å². The first-order chi connectivity index (χ1) is 10.1. The van der Waals surface area contributed by atoms with Crippen molar-refractivity contribution in [2.45, 2.75) is 6.92 Å². The average Bonchev–Trinajstić information content (AvgIpc) is 2.46. The van der Waals surface area contributed by atoms with E-state index < -0.39 is 11.6 Å². The molecule has 4 nitrogen and oxygen atoms in total. The van der Waals surface area contributed by atoms with Crippen LogP contribution in [0, 0.1) is 6.92 Å². The first-order valence-corrected chi connectivity index (χ1v) is 6.43. The second kappa shape index (κ2) is 4.90. The number of hydrogen-bond acceptors (Lipinski definition) is 3. The molecule has 3 rings (SSSR count). The van der Waals surface area contributed by atoms with Gasteiger partial charge in [0, 0.05) is 5.39 Å². The lowest BCUT2D eigenvalue weighted by Crippen LogP contribution is -2.05. The minimum absolute atomic E-state index is 0.196. The van der Waals surface area contributed by atoms with E-state index in [4.69, 9.17) is 9.52 Å². The van der Waals surface area contributed by atoms with E-state index in [1.165, 1.54) is 6.07 Å². The summed E-state index contributed by atoms with van der Waals surface area (Å²) < 4.78 is 5.31. The molecule has 21 heavy (non-hydrogen) atoms. The van der Waals surface area contributed by atoms with Gasteiger partial charge in [0.1, 0.15) is 5.58 Å². The van der Waals surface area contributed by atoms with Crippen molar-refractivity contribution in [3.8, 4) is 11.1 Å². The zero-order chi connectivity index (χ0) is 15.0. The molecule has 0 radical (unpaired) electrons. The maximum Gasteiger partial charge on any atom is 0.344 e. The van der Waals surface area contributed by atoms with Gasteiger partial charge in [-0.15, -0.1) is 0 Å². The number of rotatable bonds is 2. The summed E-state index contributed by atoms with van der Waals surface area (Å²) in [5.74, 6) is -0.991. The highest BCUT2D eigenvalue weighted by atomic mass is 16.4. The Kier molecular flexibility index (Phi) is 3.06. The van der Waals surface area contributed by atoms with Crippen molar-refractivity contribution in [1.29, 1.82) is 0 Å². The second-order valence-electron chi connectivity index (χ2n) is 4.82. The molecule has 104 valence electrons. The SMILES string of the molecule is Cc1cc(C(=O)O)ccc1-c1cc2ccccc2oc1=O. The smallest absolute Gasteiger partial charge is 0.344 e. The first-order valence-electron chi connectivity index (χ1n) is 6.43. The van der Waals surface area contributed by atoms with Gasteiger partial charge < -0.3 is 9.52 Å². The van der Waals surface area contributed by atoms with Gasteiger partial charge in [0.2, 0.25) is 0 Å². The van der Waals surface area contributed by atoms with Crippen LogP contribution in [-0.2, 0) is 0 Å². The van der Waals surface area contributed by atoms with Gasteiger partial charge >= 0.3 is 11.6 Å². The molecular weight excluding hydrogens is 268 g/mol. The summed E-state index contributed by atoms with van der Waals surface area (Å²) in [5, 5.41) is 9.81. The Bertz CT molecular complexity index is 906. The zero-order valence-electron chi connectivity index (χ0n) is 11.3. The van der Waals surface area contributed by atoms with Gasteiger partial charge in [0.25, 0.3) is 0 Å². The van der Waals surface area contributed by atoms with Gasteiger partial charge in [-0.3, -0.25) is 0 Å². The molecule has 0 unspecified atom stereocenters. The molecule has 0 fully saturated rings. The van der Waals surface area contributed by atoms with Crippen LogP contribution in [0.25, 0.3) is 22.1 Å². The largest absolute Gasteiger partial charge is 0.478 e. The van der Waals surface area contributed by atoms with Gasteiger partial charge in [-0.2, -0.15) is 0 Å². The predicted octanol–water partition coefficient (Wildman–Crippen LogP) is 3.47. The number of aromatic carboxylic acids is 1. The van der Waals surface area contributed by atoms with Crippen LogP contribution >= 0.6 is 0 Å². The zero-order valence-corrected chi connectivity index (χ0v) is 11.3. The minimum atomic E-state index is -0.991. The highest BCUT2D eigenvalue weighted by Gasteiger charge is 2.12. The van der Waals surface area contributed by atoms with Crippen LogP contribution in [-0.4, -0.2) is 11.1 Å². The molecule has 3 aromatic rings. The number of carboxylic acids is 1. The number of aryl methyl sites for hydroxylation is 1. The van der Waals surface area contributed by atoms with E-state index in [0.717, 1.165) is 10.9 Å². The molecule has 0 bridgehead atoms. The van der Waals surface area contributed by atoms with Gasteiger partial charge in [-0.25, -0.2) is 9.59 Å². The van der Waals surface area contributed by atoms with Crippen LogP contribution in [0.2, 0.25) is 0 Å². The molecule has 0 aliphatic carbocycles. The number of para-hydroxylation sites is 1. The summed E-state index contributed by atoms with van der Waals surface area (Å²) in [6.45, 7) is 1.77. The Labute approximate surface area is 120 Å². The first kappa shape index (κ1) is 13.1. The van der Waals surface area contributed by atoms with E-state index in [0.29, 0.717) is 16.7 Å². The fraction of sp³-hybridized carbons (Fsp3) is 0.0588. The lowest BCUT2D eigenvalue weighted by atomic mass is 9.99. The van der Waals surface area contributed by atoms with E-state index in [9.17, 15) is 9.59 Å². The third-order valence-corrected chi connectivity index (χ3v) is 3.40. The van der Waals surface area contributed by atoms with E-state index in [2.05, 4.69) is 0 Å². The Hall–Kier alpha value is -2.88. The molecule has 1 heterocycles. The van der Waals surface area contributed by atoms with Crippen LogP contribution in [0.5, 0.6) is 0 Å². The van der Waals surface area contributed by atoms with Gasteiger partial charge in [-0.05, 0) is 42.3 Å². The molecule has 4 heteroatoms. The normalized spacial score (nSPS) is 10.7. The van der Waals surface area contributed by atoms with Crippen LogP contribution in [0.1, 0.15) is 15.9 Å². The lowest BCUT2D eigenvalue weighted by Gasteiger charge is -2.07. The maximum absolute atomic E-state index is 12.1. The quantitative estimate of drug-likeness (QED) is 0.730. The topological polar surface area (TPSA) is 67.5 Å². The average molecular weight is 280 g/mol. The van der Waals surface area contributed by atoms with Crippen molar-refractivity contribution < 1.29 is 14.3 Å². The molecule has 0 spiro atoms. The van der Waals surface area contributed by atoms with Crippen molar-refractivity contribution in [3.05, 3.63) is 70.1 Å². The number of carboxylic acid groups (broad SMARTS) is 1. The van der Waals surface area contributed by atoms with Crippen LogP contribution in [0.3, 0.4) is 0 Å². The molecule has 1 N–H and O–H groups in total. The number of fused-ring (bicyclic) bond motifs is 1. The number of benzene rings is 2. The predicted molar refractivity (Wildman–Crippen MR) is 79.6 cm³/mol. The van der Waals surface area contributed by atoms with Crippen LogP contribution < -0.4 is 5.63 Å². The van der Waals surface area contributed by atoms with E-state index in [1.807, 2.05) is 12.1 Å². The highest BCUT2D eigenvalue weighted by molar-refractivity contribution is 5.89. The van der Waals surface area contributed by atoms with E-state index in [-0.39, 0.29) is 5.56 Å². The third-order valence-electron chi connectivity index (χ3n) is 3.40. The molecule has 0 aliphatic heterocycles. The molecule has 0 aliphatic rings. The number of carbonyl (C=O) groups is 1. The van der Waals surface area contributed by atoms with E-state index in [1.54, 1.807) is 37.3 Å². The Morgan fingerprint density at radius 3 is 2.52 bits per heavy atom. The maximum atomic E-state index is 12.1.